The van der Waals surface area contributed by atoms with Crippen LogP contribution < -0.4 is 21.7 Å². The second-order valence-corrected chi connectivity index (χ2v) is 8.33. The Kier molecular flexibility index (Phi) is 5.69. The Balaban J connectivity index is 1.62. The molecule has 1 aromatic carbocycles. The van der Waals surface area contributed by atoms with Crippen LogP contribution in [0, 0.1) is 18.6 Å². The quantitative estimate of drug-likeness (QED) is 0.375. The van der Waals surface area contributed by atoms with E-state index in [4.69, 9.17) is 5.73 Å². The fourth-order valence-corrected chi connectivity index (χ4v) is 4.53. The summed E-state index contributed by atoms with van der Waals surface area (Å²) in [7, 11) is 1.69. The van der Waals surface area contributed by atoms with Gasteiger partial charge in [-0.3, -0.25) is 14.4 Å². The monoisotopic (exact) mass is 457 g/mol. The number of hydrogen-bond donors (Lipinski definition) is 4. The molecule has 1 aromatic heterocycles. The maximum atomic E-state index is 13.5. The van der Waals surface area contributed by atoms with E-state index in [0.717, 1.165) is 12.1 Å². The van der Waals surface area contributed by atoms with Crippen molar-refractivity contribution in [2.24, 2.45) is 5.73 Å². The van der Waals surface area contributed by atoms with Crippen LogP contribution in [0.5, 0.6) is 0 Å². The lowest BCUT2D eigenvalue weighted by atomic mass is 10.0. The smallest absolute Gasteiger partial charge is 0.293 e. The topological polar surface area (TPSA) is 118 Å². The van der Waals surface area contributed by atoms with E-state index in [1.807, 2.05) is 0 Å². The summed E-state index contributed by atoms with van der Waals surface area (Å²) in [5.74, 6) is -4.16. The first-order chi connectivity index (χ1) is 15.7. The summed E-state index contributed by atoms with van der Waals surface area (Å²) >= 11 is 0. The Morgan fingerprint density at radius 1 is 1.18 bits per heavy atom. The molecular weight excluding hydrogens is 432 g/mol. The minimum Gasteiger partial charge on any atom is -0.403 e. The zero-order valence-electron chi connectivity index (χ0n) is 18.4. The molecule has 0 saturated heterocycles. The highest BCUT2D eigenvalue weighted by Crippen LogP contribution is 2.41. The Bertz CT molecular complexity index is 1200. The fraction of sp³-hybridized carbons (Fsp3) is 0.348. The number of nitrogens with zero attached hydrogens (tertiary/aromatic N) is 1. The van der Waals surface area contributed by atoms with E-state index < -0.39 is 34.8 Å². The number of ketones is 1. The number of carbonyl (C=O) groups excluding carboxylic acids is 3. The van der Waals surface area contributed by atoms with Crippen LogP contribution in [-0.4, -0.2) is 34.8 Å². The number of anilines is 1. The number of hydrogen-bond acceptors (Lipinski definition) is 5. The molecule has 0 atom stereocenters. The van der Waals surface area contributed by atoms with Gasteiger partial charge in [0.1, 0.15) is 5.69 Å². The van der Waals surface area contributed by atoms with Crippen molar-refractivity contribution in [2.75, 3.05) is 12.4 Å². The Morgan fingerprint density at radius 2 is 1.91 bits per heavy atom. The molecule has 2 amide bonds. The largest absolute Gasteiger partial charge is 0.403 e. The van der Waals surface area contributed by atoms with Crippen molar-refractivity contribution < 1.29 is 23.2 Å². The first kappa shape index (κ1) is 22.5. The van der Waals surface area contributed by atoms with Crippen molar-refractivity contribution >= 4 is 23.3 Å². The summed E-state index contributed by atoms with van der Waals surface area (Å²) in [6.45, 7) is 2.12. The van der Waals surface area contributed by atoms with Gasteiger partial charge in [-0.2, -0.15) is 0 Å². The first-order valence-electron chi connectivity index (χ1n) is 10.7. The van der Waals surface area contributed by atoms with Crippen molar-refractivity contribution in [3.05, 3.63) is 64.2 Å². The van der Waals surface area contributed by atoms with Crippen LogP contribution in [0.4, 0.5) is 14.5 Å². The van der Waals surface area contributed by atoms with Crippen molar-refractivity contribution in [3.63, 3.8) is 0 Å². The van der Waals surface area contributed by atoms with Crippen LogP contribution >= 0.6 is 0 Å². The lowest BCUT2D eigenvalue weighted by Crippen LogP contribution is -2.45. The minimum absolute atomic E-state index is 0.0845. The third-order valence-corrected chi connectivity index (χ3v) is 6.29. The average molecular weight is 457 g/mol. The predicted octanol–water partition coefficient (Wildman–Crippen LogP) is 2.12. The molecular formula is C23H25F2N5O3. The van der Waals surface area contributed by atoms with Crippen molar-refractivity contribution in [1.29, 1.82) is 0 Å². The van der Waals surface area contributed by atoms with E-state index in [2.05, 4.69) is 16.0 Å². The third-order valence-electron chi connectivity index (χ3n) is 6.29. The molecule has 33 heavy (non-hydrogen) atoms. The van der Waals surface area contributed by atoms with Gasteiger partial charge in [0.05, 0.1) is 16.8 Å². The van der Waals surface area contributed by atoms with Gasteiger partial charge in [0.2, 0.25) is 0 Å². The van der Waals surface area contributed by atoms with E-state index in [1.54, 1.807) is 18.5 Å². The Hall–Kier alpha value is -3.69. The molecule has 1 saturated carbocycles. The van der Waals surface area contributed by atoms with Gasteiger partial charge in [0, 0.05) is 37.2 Å². The van der Waals surface area contributed by atoms with Crippen LogP contribution in [0.15, 0.2) is 30.1 Å². The summed E-state index contributed by atoms with van der Waals surface area (Å²) in [4.78, 5) is 39.1. The molecule has 5 N–H and O–H groups in total. The number of amides is 2. The SMILES string of the molecule is CN/C(=C\N)C1(NC(=O)C(=O)c2c(C)c(C(=O)Nc3ccc(F)c(F)c3)n3c2CCC3)CC1. The fourth-order valence-electron chi connectivity index (χ4n) is 4.53. The molecule has 1 aliphatic heterocycles. The van der Waals surface area contributed by atoms with Crippen LogP contribution in [0.1, 0.15) is 51.4 Å². The summed E-state index contributed by atoms with van der Waals surface area (Å²) in [5, 5.41) is 8.28. The van der Waals surface area contributed by atoms with Gasteiger partial charge in [-0.15, -0.1) is 0 Å². The van der Waals surface area contributed by atoms with E-state index >= 15 is 0 Å². The van der Waals surface area contributed by atoms with E-state index in [1.165, 1.54) is 12.3 Å². The zero-order chi connectivity index (χ0) is 23.9. The van der Waals surface area contributed by atoms with Crippen LogP contribution in [0.25, 0.3) is 0 Å². The number of nitrogens with one attached hydrogen (secondary N) is 3. The standard InChI is InChI=1S/C23H25F2N5O3/c1-12-18(20(31)22(33)29-23(7-8-23)17(11-26)27-2)16-4-3-9-30(16)19(12)21(32)28-13-5-6-14(24)15(25)10-13/h5-6,10-11,27H,3-4,7-9,26H2,1-2H3,(H,28,32)(H,29,33)/b17-11-. The van der Waals surface area contributed by atoms with Crippen LogP contribution in [0.3, 0.4) is 0 Å². The average Bonchev–Trinajstić information content (AvgIpc) is 3.28. The van der Waals surface area contributed by atoms with E-state index in [-0.39, 0.29) is 16.9 Å². The second-order valence-electron chi connectivity index (χ2n) is 8.33. The number of carbonyl (C=O) groups is 3. The number of likely N-dealkylation sites (N-methyl/N-ethyl adjacent to an activating group) is 1. The lowest BCUT2D eigenvalue weighted by Gasteiger charge is -2.20. The molecule has 0 radical (unpaired) electrons. The van der Waals surface area contributed by atoms with Crippen molar-refractivity contribution in [3.8, 4) is 0 Å². The summed E-state index contributed by atoms with van der Waals surface area (Å²) in [6.07, 6.45) is 3.95. The van der Waals surface area contributed by atoms with Crippen molar-refractivity contribution in [2.45, 2.75) is 44.7 Å². The normalized spacial score (nSPS) is 16.2. The van der Waals surface area contributed by atoms with Gasteiger partial charge in [-0.05, 0) is 50.3 Å². The minimum atomic E-state index is -1.08. The van der Waals surface area contributed by atoms with E-state index in [0.29, 0.717) is 49.2 Å². The maximum Gasteiger partial charge on any atom is 0.293 e. The van der Waals surface area contributed by atoms with Crippen molar-refractivity contribution in [1.82, 2.24) is 15.2 Å². The molecule has 2 aliphatic rings. The molecule has 1 aliphatic carbocycles. The number of nitrogens with two attached hydrogens (primary N) is 1. The Labute approximate surface area is 189 Å². The number of Topliss-reactive ketones (excluding diaryl/α,β-unsaturated/α-hetero) is 1. The third kappa shape index (κ3) is 3.85. The molecule has 0 spiro atoms. The molecule has 1 fully saturated rings. The molecule has 8 nitrogen and oxygen atoms in total. The number of benzene rings is 1. The molecule has 174 valence electrons. The lowest BCUT2D eigenvalue weighted by molar-refractivity contribution is -0.117. The molecule has 0 unspecified atom stereocenters. The number of rotatable bonds is 7. The number of aromatic nitrogens is 1. The molecule has 2 heterocycles. The van der Waals surface area contributed by atoms with Crippen LogP contribution in [-0.2, 0) is 17.8 Å². The second kappa shape index (κ2) is 8.34. The number of halogens is 2. The van der Waals surface area contributed by atoms with Gasteiger partial charge in [0.25, 0.3) is 17.6 Å². The highest BCUT2D eigenvalue weighted by molar-refractivity contribution is 6.44. The first-order valence-corrected chi connectivity index (χ1v) is 10.7. The van der Waals surface area contributed by atoms with Gasteiger partial charge in [-0.1, -0.05) is 0 Å². The summed E-state index contributed by atoms with van der Waals surface area (Å²) in [5.41, 5.74) is 7.10. The zero-order valence-corrected chi connectivity index (χ0v) is 18.4. The molecule has 0 bridgehead atoms. The van der Waals surface area contributed by atoms with Crippen LogP contribution in [0.2, 0.25) is 0 Å². The summed E-state index contributed by atoms with van der Waals surface area (Å²) < 4.78 is 28.5. The Morgan fingerprint density at radius 3 is 2.52 bits per heavy atom. The number of fused-ring (bicyclic) bond motifs is 1. The van der Waals surface area contributed by atoms with Gasteiger partial charge in [-0.25, -0.2) is 8.78 Å². The highest BCUT2D eigenvalue weighted by atomic mass is 19.2. The summed E-state index contributed by atoms with van der Waals surface area (Å²) in [6, 6.07) is 3.05. The predicted molar refractivity (Wildman–Crippen MR) is 118 cm³/mol. The molecule has 4 rings (SSSR count). The van der Waals surface area contributed by atoms with E-state index in [9.17, 15) is 23.2 Å². The molecule has 10 heteroatoms. The molecule has 2 aromatic rings. The highest BCUT2D eigenvalue weighted by Gasteiger charge is 2.48. The van der Waals surface area contributed by atoms with Gasteiger partial charge >= 0.3 is 0 Å². The van der Waals surface area contributed by atoms with Gasteiger partial charge < -0.3 is 26.3 Å². The van der Waals surface area contributed by atoms with Gasteiger partial charge in [0.15, 0.2) is 11.6 Å². The maximum absolute atomic E-state index is 13.5.